The number of benzene rings is 4. The first-order valence-electron chi connectivity index (χ1n) is 13.7. The smallest absolute Gasteiger partial charge is 0.0408 e. The first kappa shape index (κ1) is 57.1. The van der Waals surface area contributed by atoms with Crippen LogP contribution in [-0.4, -0.2) is 40.0 Å². The van der Waals surface area contributed by atoms with Crippen LogP contribution in [0.3, 0.4) is 0 Å². The molecule has 0 saturated heterocycles. The Morgan fingerprint density at radius 3 is 0.560 bits per heavy atom. The molecule has 0 heterocycles. The van der Waals surface area contributed by atoms with Gasteiger partial charge in [-0.15, -0.1) is 36.3 Å². The molecule has 0 aliphatic heterocycles. The summed E-state index contributed by atoms with van der Waals surface area (Å²) in [7, 11) is -12.4. The van der Waals surface area contributed by atoms with Crippen LogP contribution in [0.5, 0.6) is 0 Å². The third-order valence-corrected chi connectivity index (χ3v) is 10.1. The fraction of sp³-hybridized carbons (Fsp3) is 0.176. The molecule has 0 fully saturated rings. The summed E-state index contributed by atoms with van der Waals surface area (Å²) >= 11 is 0. The van der Waals surface area contributed by atoms with Crippen molar-refractivity contribution in [3.8, 4) is 0 Å². The van der Waals surface area contributed by atoms with Gasteiger partial charge in [-0.25, -0.2) is 37.3 Å². The molecule has 0 aliphatic rings. The Balaban J connectivity index is -0.000000281. The Bertz CT molecular complexity index is 1130. The van der Waals surface area contributed by atoms with E-state index in [4.69, 9.17) is 37.3 Å². The Labute approximate surface area is 339 Å². The molecule has 0 spiro atoms. The van der Waals surface area contributed by atoms with E-state index in [1.54, 1.807) is 0 Å². The van der Waals surface area contributed by atoms with Crippen molar-refractivity contribution >= 4 is 51.6 Å². The minimum absolute atomic E-state index is 0. The molecule has 4 rings (SSSR count). The van der Waals surface area contributed by atoms with E-state index in [2.05, 4.69) is 115 Å². The zero-order chi connectivity index (χ0) is 37.6. The van der Waals surface area contributed by atoms with Crippen molar-refractivity contribution in [2.45, 2.75) is 0 Å². The zero-order valence-electron chi connectivity index (χ0n) is 28.8. The van der Waals surface area contributed by atoms with Crippen molar-refractivity contribution in [3.63, 3.8) is 0 Å². The fourth-order valence-corrected chi connectivity index (χ4v) is 6.72. The van der Waals surface area contributed by atoms with Crippen molar-refractivity contribution in [2.75, 3.05) is 40.0 Å². The number of rotatable bonds is 4. The van der Waals surface area contributed by atoms with Crippen LogP contribution in [0.15, 0.2) is 121 Å². The minimum Gasteiger partial charge on any atom is -0.222 e. The SMILES string of the molecule is CP(C)C.CP(C)C.[Au].[Au].[CH2-][P+]([CH2-])(c1ccccc1)c1ccccc1.[CH2-][P+]([CH2-])(c1ccccc1)c1ccccc1.[O-][Cl+3]([O-])([O-])[O-].[O-][Cl+3]([O-])([O-])[O-]. The standard InChI is InChI=1S/2C14H14P.2C3H9P.2Au.2ClHO4/c2*1-15(2,13-9-5-3-6-10-13)14-11-7-4-8-12-14;2*1-4(2)3;;;2*2-1(3,4)5/h2*3-12H,1-2H2;2*1-3H3;;;2*(H,2,3,4,5)/q2*-1;;;;;;/p-2. The summed E-state index contributed by atoms with van der Waals surface area (Å²) in [5.74, 6) is 0. The van der Waals surface area contributed by atoms with Crippen LogP contribution < -0.4 is 58.5 Å². The molecule has 16 heteroatoms. The van der Waals surface area contributed by atoms with E-state index in [0.29, 0.717) is 15.8 Å². The fourth-order valence-electron chi connectivity index (χ4n) is 3.15. The largest absolute Gasteiger partial charge is 0.222 e. The van der Waals surface area contributed by atoms with Gasteiger partial charge in [0, 0.05) is 66.0 Å². The van der Waals surface area contributed by atoms with Gasteiger partial charge in [0.25, 0.3) is 0 Å². The van der Waals surface area contributed by atoms with Gasteiger partial charge in [-0.1, -0.05) is 72.8 Å². The maximum atomic E-state index is 8.49. The first-order valence-corrected chi connectivity index (χ1v) is 25.9. The molecule has 0 aromatic heterocycles. The number of hydrogen-bond acceptors (Lipinski definition) is 8. The van der Waals surface area contributed by atoms with Gasteiger partial charge in [0.05, 0.1) is 0 Å². The predicted octanol–water partition coefficient (Wildman–Crippen LogP) is -0.325. The van der Waals surface area contributed by atoms with E-state index >= 15 is 0 Å². The van der Waals surface area contributed by atoms with Gasteiger partial charge in [-0.3, -0.25) is 0 Å². The van der Waals surface area contributed by atoms with E-state index in [9.17, 15) is 0 Å². The van der Waals surface area contributed by atoms with E-state index in [1.807, 2.05) is 72.8 Å². The molecule has 0 unspecified atom stereocenters. The molecule has 0 aliphatic carbocycles. The second-order valence-electron chi connectivity index (χ2n) is 10.7. The summed E-state index contributed by atoms with van der Waals surface area (Å²) < 4.78 is 67.9. The average Bonchev–Trinajstić information content (AvgIpc) is 2.97. The normalized spacial score (nSPS) is 10.6. The topological polar surface area (TPSA) is 184 Å². The van der Waals surface area contributed by atoms with E-state index < -0.39 is 35.0 Å². The Kier molecular flexibility index (Phi) is 33.9. The van der Waals surface area contributed by atoms with Crippen molar-refractivity contribution < 1.29 is 103 Å². The van der Waals surface area contributed by atoms with Crippen LogP contribution in [0.1, 0.15) is 0 Å². The Morgan fingerprint density at radius 2 is 0.460 bits per heavy atom. The van der Waals surface area contributed by atoms with Gasteiger partial charge in [0.1, 0.15) is 0 Å². The van der Waals surface area contributed by atoms with Crippen molar-refractivity contribution in [1.29, 1.82) is 0 Å². The monoisotopic (exact) mass is 1170 g/mol. The molecule has 4 aromatic carbocycles. The molecule has 0 bridgehead atoms. The molecule has 8 nitrogen and oxygen atoms in total. The van der Waals surface area contributed by atoms with Crippen molar-refractivity contribution in [2.24, 2.45) is 0 Å². The molecule has 4 aromatic rings. The van der Waals surface area contributed by atoms with Crippen molar-refractivity contribution in [1.82, 2.24) is 0 Å². The second-order valence-corrected chi connectivity index (χ2v) is 23.5. The first-order chi connectivity index (χ1) is 21.9. The Morgan fingerprint density at radius 1 is 0.360 bits per heavy atom. The van der Waals surface area contributed by atoms with Gasteiger partial charge in [-0.2, -0.15) is 41.2 Å². The summed E-state index contributed by atoms with van der Waals surface area (Å²) in [5, 5.41) is 4.99. The summed E-state index contributed by atoms with van der Waals surface area (Å²) in [5.41, 5.74) is 0. The molecule has 50 heavy (non-hydrogen) atoms. The third-order valence-electron chi connectivity index (χ3n) is 5.00. The maximum Gasteiger partial charge on any atom is 0.0408 e. The average molecular weight is 1170 g/mol. The minimum atomic E-state index is -4.94. The molecule has 0 amide bonds. The molecular formula is C34H46Au2Cl2O8P4-4. The molecular weight excluding hydrogens is 1130 g/mol. The van der Waals surface area contributed by atoms with E-state index in [0.717, 1.165) is 0 Å². The second kappa shape index (κ2) is 29.7. The summed E-state index contributed by atoms with van der Waals surface area (Å²) in [6.07, 6.45) is 0. The van der Waals surface area contributed by atoms with Crippen LogP contribution in [-0.2, 0) is 44.8 Å². The summed E-state index contributed by atoms with van der Waals surface area (Å²) in [4.78, 5) is 0. The predicted molar refractivity (Wildman–Crippen MR) is 189 cm³/mol. The number of hydrogen-bond donors (Lipinski definition) is 0. The van der Waals surface area contributed by atoms with Gasteiger partial charge in [-0.05, 0) is 88.5 Å². The van der Waals surface area contributed by atoms with Gasteiger partial charge in [0.15, 0.2) is 0 Å². The van der Waals surface area contributed by atoms with Gasteiger partial charge < -0.3 is 0 Å². The van der Waals surface area contributed by atoms with Crippen LogP contribution in [0.2, 0.25) is 0 Å². The van der Waals surface area contributed by atoms with Gasteiger partial charge >= 0.3 is 0 Å². The van der Waals surface area contributed by atoms with E-state index in [-0.39, 0.29) is 44.8 Å². The van der Waals surface area contributed by atoms with Crippen LogP contribution in [0.4, 0.5) is 0 Å². The van der Waals surface area contributed by atoms with Crippen LogP contribution in [0, 0.1) is 47.1 Å². The summed E-state index contributed by atoms with van der Waals surface area (Å²) in [6.45, 7) is 30.6. The van der Waals surface area contributed by atoms with E-state index in [1.165, 1.54) is 21.2 Å². The quantitative estimate of drug-likeness (QED) is 0.151. The Hall–Kier alpha value is 0.341. The molecule has 0 atom stereocenters. The molecule has 2 radical (unpaired) electrons. The molecule has 290 valence electrons. The summed E-state index contributed by atoms with van der Waals surface area (Å²) in [6, 6.07) is 41.3. The van der Waals surface area contributed by atoms with Crippen molar-refractivity contribution in [3.05, 3.63) is 148 Å². The van der Waals surface area contributed by atoms with Crippen LogP contribution in [0.25, 0.3) is 0 Å². The van der Waals surface area contributed by atoms with Crippen LogP contribution >= 0.6 is 30.4 Å². The molecule has 0 saturated carbocycles. The third kappa shape index (κ3) is 34.1. The van der Waals surface area contributed by atoms with Gasteiger partial charge in [0.2, 0.25) is 0 Å². The maximum absolute atomic E-state index is 8.49. The zero-order valence-corrected chi connectivity index (χ0v) is 38.2. The molecule has 0 N–H and O–H groups in total. The number of halogens is 2.